The van der Waals surface area contributed by atoms with Crippen LogP contribution >= 0.6 is 0 Å². The SMILES string of the molecule is Cc1cc(C(=O)N2CCCCC2C=Cc2ccccc2)cc(C(F)(F)F)c1. The molecule has 5 heteroatoms. The molecule has 1 atom stereocenters. The van der Waals surface area contributed by atoms with E-state index in [4.69, 9.17) is 0 Å². The average Bonchev–Trinajstić information content (AvgIpc) is 2.65. The second kappa shape index (κ2) is 7.99. The van der Waals surface area contributed by atoms with Crippen LogP contribution in [0.3, 0.4) is 0 Å². The molecule has 2 aromatic rings. The van der Waals surface area contributed by atoms with Gasteiger partial charge < -0.3 is 4.90 Å². The van der Waals surface area contributed by atoms with Crippen LogP contribution in [0.2, 0.25) is 0 Å². The van der Waals surface area contributed by atoms with Gasteiger partial charge in [-0.1, -0.05) is 42.5 Å². The lowest BCUT2D eigenvalue weighted by molar-refractivity contribution is -0.137. The number of amides is 1. The van der Waals surface area contributed by atoms with Crippen LogP contribution in [0.4, 0.5) is 13.2 Å². The minimum absolute atomic E-state index is 0.0994. The van der Waals surface area contributed by atoms with Gasteiger partial charge >= 0.3 is 6.18 Å². The largest absolute Gasteiger partial charge is 0.416 e. The number of hydrogen-bond acceptors (Lipinski definition) is 1. The highest BCUT2D eigenvalue weighted by Crippen LogP contribution is 2.31. The van der Waals surface area contributed by atoms with Crippen LogP contribution in [0, 0.1) is 6.92 Å². The number of likely N-dealkylation sites (tertiary alicyclic amines) is 1. The van der Waals surface area contributed by atoms with Crippen molar-refractivity contribution in [3.8, 4) is 0 Å². The zero-order valence-electron chi connectivity index (χ0n) is 15.2. The minimum atomic E-state index is -4.46. The summed E-state index contributed by atoms with van der Waals surface area (Å²) in [6, 6.07) is 13.2. The molecule has 2 nitrogen and oxygen atoms in total. The molecule has 0 aliphatic carbocycles. The Balaban J connectivity index is 1.85. The number of benzene rings is 2. The maximum Gasteiger partial charge on any atom is 0.416 e. The first-order chi connectivity index (χ1) is 12.8. The Morgan fingerprint density at radius 3 is 2.56 bits per heavy atom. The summed E-state index contributed by atoms with van der Waals surface area (Å²) in [5.41, 5.74) is 0.786. The number of halogens is 3. The van der Waals surface area contributed by atoms with Gasteiger partial charge in [-0.3, -0.25) is 4.79 Å². The van der Waals surface area contributed by atoms with E-state index in [1.165, 1.54) is 6.07 Å². The molecule has 0 radical (unpaired) electrons. The van der Waals surface area contributed by atoms with E-state index in [-0.39, 0.29) is 17.5 Å². The molecule has 0 aromatic heterocycles. The topological polar surface area (TPSA) is 20.3 Å². The van der Waals surface area contributed by atoms with Crippen LogP contribution in [-0.4, -0.2) is 23.4 Å². The van der Waals surface area contributed by atoms with Crippen LogP contribution in [0.1, 0.15) is 46.3 Å². The molecule has 0 saturated carbocycles. The van der Waals surface area contributed by atoms with Crippen LogP contribution in [-0.2, 0) is 6.18 Å². The van der Waals surface area contributed by atoms with Crippen molar-refractivity contribution in [2.45, 2.75) is 38.4 Å². The van der Waals surface area contributed by atoms with Crippen LogP contribution < -0.4 is 0 Å². The maximum absolute atomic E-state index is 13.1. The molecule has 1 saturated heterocycles. The minimum Gasteiger partial charge on any atom is -0.332 e. The number of alkyl halides is 3. The Labute approximate surface area is 157 Å². The molecular formula is C22H22F3NO. The number of rotatable bonds is 3. The maximum atomic E-state index is 13.1. The van der Waals surface area contributed by atoms with Crippen molar-refractivity contribution < 1.29 is 18.0 Å². The molecule has 1 fully saturated rings. The summed E-state index contributed by atoms with van der Waals surface area (Å²) in [6.07, 6.45) is 2.15. The Morgan fingerprint density at radius 2 is 1.85 bits per heavy atom. The zero-order valence-corrected chi connectivity index (χ0v) is 15.2. The highest BCUT2D eigenvalue weighted by molar-refractivity contribution is 5.95. The van der Waals surface area contributed by atoms with Crippen molar-refractivity contribution in [1.29, 1.82) is 0 Å². The molecule has 1 unspecified atom stereocenters. The summed E-state index contributed by atoms with van der Waals surface area (Å²) >= 11 is 0. The van der Waals surface area contributed by atoms with E-state index in [0.717, 1.165) is 37.0 Å². The fourth-order valence-corrected chi connectivity index (χ4v) is 3.43. The Morgan fingerprint density at radius 1 is 1.11 bits per heavy atom. The van der Waals surface area contributed by atoms with Gasteiger partial charge in [0, 0.05) is 12.1 Å². The average molecular weight is 373 g/mol. The van der Waals surface area contributed by atoms with E-state index in [9.17, 15) is 18.0 Å². The molecule has 0 spiro atoms. The van der Waals surface area contributed by atoms with Crippen LogP contribution in [0.15, 0.2) is 54.6 Å². The molecule has 3 rings (SSSR count). The van der Waals surface area contributed by atoms with Gasteiger partial charge in [0.15, 0.2) is 0 Å². The first-order valence-corrected chi connectivity index (χ1v) is 9.08. The molecule has 1 aliphatic rings. The lowest BCUT2D eigenvalue weighted by Gasteiger charge is -2.34. The summed E-state index contributed by atoms with van der Waals surface area (Å²) < 4.78 is 39.3. The molecule has 142 valence electrons. The molecule has 0 bridgehead atoms. The van der Waals surface area contributed by atoms with Crippen molar-refractivity contribution in [3.05, 3.63) is 76.9 Å². The number of nitrogens with zero attached hydrogens (tertiary/aromatic N) is 1. The quantitative estimate of drug-likeness (QED) is 0.674. The van der Waals surface area contributed by atoms with Crippen molar-refractivity contribution in [2.24, 2.45) is 0 Å². The second-order valence-corrected chi connectivity index (χ2v) is 6.92. The molecular weight excluding hydrogens is 351 g/mol. The fraction of sp³-hybridized carbons (Fsp3) is 0.318. The summed E-state index contributed by atoms with van der Waals surface area (Å²) in [5, 5.41) is 0. The summed E-state index contributed by atoms with van der Waals surface area (Å²) in [5.74, 6) is -0.341. The number of carbonyl (C=O) groups excluding carboxylic acids is 1. The van der Waals surface area contributed by atoms with Gasteiger partial charge in [0.2, 0.25) is 0 Å². The Kier molecular flexibility index (Phi) is 5.68. The molecule has 27 heavy (non-hydrogen) atoms. The fourth-order valence-electron chi connectivity index (χ4n) is 3.43. The summed E-state index contributed by atoms with van der Waals surface area (Å²) in [4.78, 5) is 14.7. The van der Waals surface area contributed by atoms with Crippen LogP contribution in [0.5, 0.6) is 0 Å². The van der Waals surface area contributed by atoms with Gasteiger partial charge in [-0.05, 0) is 55.5 Å². The number of piperidine rings is 1. The third-order valence-corrected chi connectivity index (χ3v) is 4.77. The first kappa shape index (κ1) is 19.2. The molecule has 1 aliphatic heterocycles. The normalized spacial score (nSPS) is 18.1. The van der Waals surface area contributed by atoms with E-state index in [2.05, 4.69) is 0 Å². The van der Waals surface area contributed by atoms with Gasteiger partial charge in [0.05, 0.1) is 11.6 Å². The van der Waals surface area contributed by atoms with E-state index < -0.39 is 11.7 Å². The first-order valence-electron chi connectivity index (χ1n) is 9.08. The lowest BCUT2D eigenvalue weighted by atomic mass is 9.98. The van der Waals surface area contributed by atoms with Gasteiger partial charge in [0.25, 0.3) is 5.91 Å². The van der Waals surface area contributed by atoms with Crippen LogP contribution in [0.25, 0.3) is 6.08 Å². The standard InChI is InChI=1S/C22H22F3NO/c1-16-13-18(15-19(14-16)22(23,24)25)21(27)26-12-6-5-9-20(26)11-10-17-7-3-2-4-8-17/h2-4,7-8,10-11,13-15,20H,5-6,9,12H2,1H3. The third kappa shape index (κ3) is 4.79. The molecule has 1 amide bonds. The van der Waals surface area contributed by atoms with Gasteiger partial charge in [0.1, 0.15) is 0 Å². The molecule has 2 aromatic carbocycles. The van der Waals surface area contributed by atoms with Crippen molar-refractivity contribution in [1.82, 2.24) is 4.90 Å². The summed E-state index contributed by atoms with van der Waals surface area (Å²) in [7, 11) is 0. The van der Waals surface area contributed by atoms with E-state index in [0.29, 0.717) is 12.1 Å². The van der Waals surface area contributed by atoms with Crippen molar-refractivity contribution in [2.75, 3.05) is 6.54 Å². The lowest BCUT2D eigenvalue weighted by Crippen LogP contribution is -2.42. The highest BCUT2D eigenvalue weighted by atomic mass is 19.4. The van der Waals surface area contributed by atoms with E-state index in [1.54, 1.807) is 11.8 Å². The Hall–Kier alpha value is -2.56. The smallest absolute Gasteiger partial charge is 0.332 e. The third-order valence-electron chi connectivity index (χ3n) is 4.77. The van der Waals surface area contributed by atoms with E-state index in [1.807, 2.05) is 42.5 Å². The van der Waals surface area contributed by atoms with Gasteiger partial charge in [-0.25, -0.2) is 0 Å². The second-order valence-electron chi connectivity index (χ2n) is 6.92. The van der Waals surface area contributed by atoms with Crippen molar-refractivity contribution in [3.63, 3.8) is 0 Å². The van der Waals surface area contributed by atoms with E-state index >= 15 is 0 Å². The monoisotopic (exact) mass is 373 g/mol. The summed E-state index contributed by atoms with van der Waals surface area (Å²) in [6.45, 7) is 2.13. The number of hydrogen-bond donors (Lipinski definition) is 0. The molecule has 0 N–H and O–H groups in total. The molecule has 1 heterocycles. The predicted molar refractivity (Wildman–Crippen MR) is 100 cm³/mol. The number of aryl methyl sites for hydroxylation is 1. The highest BCUT2D eigenvalue weighted by Gasteiger charge is 2.33. The number of carbonyl (C=O) groups is 1. The zero-order chi connectivity index (χ0) is 19.4. The van der Waals surface area contributed by atoms with Crippen molar-refractivity contribution >= 4 is 12.0 Å². The Bertz CT molecular complexity index is 827. The predicted octanol–water partition coefficient (Wildman–Crippen LogP) is 5.72. The van der Waals surface area contributed by atoms with Gasteiger partial charge in [-0.2, -0.15) is 13.2 Å². The van der Waals surface area contributed by atoms with Gasteiger partial charge in [-0.15, -0.1) is 0 Å².